The lowest BCUT2D eigenvalue weighted by atomic mass is 9.77. The van der Waals surface area contributed by atoms with Gasteiger partial charge in [0, 0.05) is 5.69 Å². The molecule has 1 N–H and O–H groups in total. The van der Waals surface area contributed by atoms with Gasteiger partial charge in [-0.15, -0.1) is 0 Å². The van der Waals surface area contributed by atoms with Crippen LogP contribution in [0.1, 0.15) is 36.9 Å². The first-order valence-corrected chi connectivity index (χ1v) is 6.68. The minimum atomic E-state index is 0.413. The van der Waals surface area contributed by atoms with Gasteiger partial charge in [-0.2, -0.15) is 0 Å². The van der Waals surface area contributed by atoms with Crippen LogP contribution in [-0.4, -0.2) is 0 Å². The van der Waals surface area contributed by atoms with E-state index in [4.69, 9.17) is 0 Å². The number of nitrogens with one attached hydrogen (secondary N) is 1. The van der Waals surface area contributed by atoms with E-state index in [0.717, 1.165) is 0 Å². The number of anilines is 1. The molecule has 0 saturated carbocycles. The third-order valence-electron chi connectivity index (χ3n) is 4.24. The van der Waals surface area contributed by atoms with Crippen LogP contribution in [0.2, 0.25) is 0 Å². The first-order chi connectivity index (χ1) is 8.77. The van der Waals surface area contributed by atoms with Crippen molar-refractivity contribution >= 4 is 5.69 Å². The molecule has 92 valence electrons. The fourth-order valence-electron chi connectivity index (χ4n) is 2.94. The van der Waals surface area contributed by atoms with Crippen molar-refractivity contribution in [3.8, 4) is 0 Å². The van der Waals surface area contributed by atoms with Gasteiger partial charge in [0.05, 0.1) is 6.04 Å². The number of para-hydroxylation sites is 1. The van der Waals surface area contributed by atoms with Crippen molar-refractivity contribution in [1.29, 1.82) is 0 Å². The van der Waals surface area contributed by atoms with Crippen LogP contribution < -0.4 is 5.32 Å². The third kappa shape index (κ3) is 1.80. The van der Waals surface area contributed by atoms with Crippen LogP contribution >= 0.6 is 0 Å². The lowest BCUT2D eigenvalue weighted by molar-refractivity contribution is 0.410. The summed E-state index contributed by atoms with van der Waals surface area (Å²) < 4.78 is 0. The van der Waals surface area contributed by atoms with E-state index in [9.17, 15) is 0 Å². The minimum Gasteiger partial charge on any atom is -0.378 e. The topological polar surface area (TPSA) is 12.0 Å². The number of hydrogen-bond acceptors (Lipinski definition) is 1. The summed E-state index contributed by atoms with van der Waals surface area (Å²) in [5, 5.41) is 3.69. The van der Waals surface area contributed by atoms with Crippen molar-refractivity contribution in [2.45, 2.75) is 25.8 Å². The monoisotopic (exact) mass is 237 g/mol. The highest BCUT2D eigenvalue weighted by Gasteiger charge is 2.31. The molecule has 0 saturated heterocycles. The molecule has 1 aliphatic rings. The molecule has 3 rings (SSSR count). The maximum absolute atomic E-state index is 3.69. The Bertz CT molecular complexity index is 532. The molecule has 2 aromatic carbocycles. The summed E-state index contributed by atoms with van der Waals surface area (Å²) in [7, 11) is 0. The van der Waals surface area contributed by atoms with E-state index in [0.29, 0.717) is 17.9 Å². The summed E-state index contributed by atoms with van der Waals surface area (Å²) in [6.07, 6.45) is 0. The Morgan fingerprint density at radius 1 is 0.833 bits per heavy atom. The van der Waals surface area contributed by atoms with Crippen LogP contribution in [0.3, 0.4) is 0 Å². The fraction of sp³-hybridized carbons (Fsp3) is 0.294. The zero-order valence-electron chi connectivity index (χ0n) is 10.9. The standard InChI is InChI=1S/C17H19N/c1-12-13(2)17(14-8-4-3-5-9-14)18-16-11-7-6-10-15(12)16/h3-13,17-18H,1-2H3/t12-,13+,17-/m1/s1. The highest BCUT2D eigenvalue weighted by atomic mass is 14.9. The van der Waals surface area contributed by atoms with Crippen molar-refractivity contribution in [3.05, 3.63) is 65.7 Å². The van der Waals surface area contributed by atoms with Crippen LogP contribution in [-0.2, 0) is 0 Å². The Hall–Kier alpha value is -1.76. The number of hydrogen-bond donors (Lipinski definition) is 1. The Morgan fingerprint density at radius 3 is 2.28 bits per heavy atom. The van der Waals surface area contributed by atoms with Crippen molar-refractivity contribution in [2.24, 2.45) is 5.92 Å². The second kappa shape index (κ2) is 4.49. The van der Waals surface area contributed by atoms with Crippen LogP contribution in [0.5, 0.6) is 0 Å². The van der Waals surface area contributed by atoms with Gasteiger partial charge >= 0.3 is 0 Å². The van der Waals surface area contributed by atoms with E-state index in [2.05, 4.69) is 73.8 Å². The van der Waals surface area contributed by atoms with Gasteiger partial charge in [-0.1, -0.05) is 62.4 Å². The minimum absolute atomic E-state index is 0.413. The van der Waals surface area contributed by atoms with E-state index in [-0.39, 0.29) is 0 Å². The number of fused-ring (bicyclic) bond motifs is 1. The molecule has 1 aliphatic heterocycles. The van der Waals surface area contributed by atoms with E-state index in [1.54, 1.807) is 0 Å². The lowest BCUT2D eigenvalue weighted by Crippen LogP contribution is -2.28. The first-order valence-electron chi connectivity index (χ1n) is 6.68. The van der Waals surface area contributed by atoms with Gasteiger partial charge in [-0.25, -0.2) is 0 Å². The molecule has 18 heavy (non-hydrogen) atoms. The third-order valence-corrected chi connectivity index (χ3v) is 4.24. The molecule has 0 radical (unpaired) electrons. The maximum atomic E-state index is 3.69. The predicted octanol–water partition coefficient (Wildman–Crippen LogP) is 4.59. The van der Waals surface area contributed by atoms with Gasteiger partial charge in [0.15, 0.2) is 0 Å². The Morgan fingerprint density at radius 2 is 1.50 bits per heavy atom. The largest absolute Gasteiger partial charge is 0.378 e. The van der Waals surface area contributed by atoms with E-state index < -0.39 is 0 Å². The molecule has 0 bridgehead atoms. The summed E-state index contributed by atoms with van der Waals surface area (Å²) in [5.41, 5.74) is 4.11. The molecule has 0 fully saturated rings. The molecule has 1 heteroatoms. The van der Waals surface area contributed by atoms with Crippen molar-refractivity contribution in [1.82, 2.24) is 0 Å². The van der Waals surface area contributed by atoms with Gasteiger partial charge in [-0.05, 0) is 29.0 Å². The number of rotatable bonds is 1. The normalized spacial score (nSPS) is 26.2. The Labute approximate surface area is 109 Å². The van der Waals surface area contributed by atoms with Crippen LogP contribution in [0.15, 0.2) is 54.6 Å². The van der Waals surface area contributed by atoms with Gasteiger partial charge in [-0.3, -0.25) is 0 Å². The lowest BCUT2D eigenvalue weighted by Gasteiger charge is -2.37. The molecule has 0 amide bonds. The highest BCUT2D eigenvalue weighted by molar-refractivity contribution is 5.57. The quantitative estimate of drug-likeness (QED) is 0.764. The predicted molar refractivity (Wildman–Crippen MR) is 76.8 cm³/mol. The molecule has 1 nitrogen and oxygen atoms in total. The second-order valence-electron chi connectivity index (χ2n) is 5.27. The second-order valence-corrected chi connectivity index (χ2v) is 5.27. The maximum Gasteiger partial charge on any atom is 0.0545 e. The molecule has 0 aromatic heterocycles. The van der Waals surface area contributed by atoms with Gasteiger partial charge in [0.25, 0.3) is 0 Å². The molecular formula is C17H19N. The van der Waals surface area contributed by atoms with Crippen molar-refractivity contribution in [2.75, 3.05) is 5.32 Å². The van der Waals surface area contributed by atoms with E-state index >= 15 is 0 Å². The SMILES string of the molecule is C[C@H]1[C@@H](C)c2ccccc2N[C@H]1c1ccccc1. The van der Waals surface area contributed by atoms with E-state index in [1.807, 2.05) is 0 Å². The van der Waals surface area contributed by atoms with Crippen LogP contribution in [0.4, 0.5) is 5.69 Å². The molecule has 2 aromatic rings. The molecule has 0 aliphatic carbocycles. The van der Waals surface area contributed by atoms with E-state index in [1.165, 1.54) is 16.8 Å². The molecular weight excluding hydrogens is 218 g/mol. The van der Waals surface area contributed by atoms with Crippen LogP contribution in [0.25, 0.3) is 0 Å². The average molecular weight is 237 g/mol. The van der Waals surface area contributed by atoms with Crippen molar-refractivity contribution < 1.29 is 0 Å². The summed E-state index contributed by atoms with van der Waals surface area (Å²) >= 11 is 0. The van der Waals surface area contributed by atoms with Crippen LogP contribution in [0, 0.1) is 5.92 Å². The summed E-state index contributed by atoms with van der Waals surface area (Å²) in [5.74, 6) is 1.19. The summed E-state index contributed by atoms with van der Waals surface area (Å²) in [4.78, 5) is 0. The van der Waals surface area contributed by atoms with Gasteiger partial charge < -0.3 is 5.32 Å². The Balaban J connectivity index is 2.01. The smallest absolute Gasteiger partial charge is 0.0545 e. The summed E-state index contributed by atoms with van der Waals surface area (Å²) in [6, 6.07) is 19.8. The van der Waals surface area contributed by atoms with Gasteiger partial charge in [0.1, 0.15) is 0 Å². The van der Waals surface area contributed by atoms with Crippen molar-refractivity contribution in [3.63, 3.8) is 0 Å². The summed E-state index contributed by atoms with van der Waals surface area (Å²) in [6.45, 7) is 4.67. The molecule has 1 heterocycles. The molecule has 0 unspecified atom stereocenters. The first kappa shape index (κ1) is 11.3. The zero-order valence-corrected chi connectivity index (χ0v) is 10.9. The highest BCUT2D eigenvalue weighted by Crippen LogP contribution is 2.43. The molecule has 3 atom stereocenters. The molecule has 0 spiro atoms. The zero-order chi connectivity index (χ0) is 12.5. The number of benzene rings is 2. The van der Waals surface area contributed by atoms with Gasteiger partial charge in [0.2, 0.25) is 0 Å². The Kier molecular flexibility index (Phi) is 2.83. The average Bonchev–Trinajstić information content (AvgIpc) is 2.44. The fourth-order valence-corrected chi connectivity index (χ4v) is 2.94.